The van der Waals surface area contributed by atoms with Gasteiger partial charge < -0.3 is 5.73 Å². The van der Waals surface area contributed by atoms with Crippen molar-refractivity contribution in [2.24, 2.45) is 11.1 Å². The second kappa shape index (κ2) is 5.23. The Balaban J connectivity index is 2.96. The minimum atomic E-state index is -0.405. The zero-order valence-corrected chi connectivity index (χ0v) is 12.4. The quantitative estimate of drug-likeness (QED) is 0.892. The number of hydrogen-bond donors (Lipinski definition) is 1. The Hall–Kier alpha value is -1.15. The minimum Gasteiger partial charge on any atom is -0.321 e. The third kappa shape index (κ3) is 3.42. The van der Waals surface area contributed by atoms with Crippen LogP contribution in [-0.2, 0) is 11.2 Å². The van der Waals surface area contributed by atoms with Crippen LogP contribution in [-0.4, -0.2) is 11.8 Å². The molecular weight excluding hydrogens is 222 g/mol. The van der Waals surface area contributed by atoms with E-state index in [2.05, 4.69) is 32.9 Å². The third-order valence-corrected chi connectivity index (χ3v) is 3.47. The van der Waals surface area contributed by atoms with Gasteiger partial charge in [-0.2, -0.15) is 0 Å². The predicted octanol–water partition coefficient (Wildman–Crippen LogP) is 3.10. The van der Waals surface area contributed by atoms with E-state index in [1.807, 2.05) is 20.8 Å². The van der Waals surface area contributed by atoms with Gasteiger partial charge in [0.1, 0.15) is 0 Å². The van der Waals surface area contributed by atoms with Crippen LogP contribution in [0.1, 0.15) is 43.0 Å². The van der Waals surface area contributed by atoms with E-state index in [1.54, 1.807) is 0 Å². The first-order chi connectivity index (χ1) is 8.12. The fourth-order valence-electron chi connectivity index (χ4n) is 2.26. The molecule has 2 heteroatoms. The van der Waals surface area contributed by atoms with Crippen LogP contribution in [0.15, 0.2) is 12.1 Å². The Labute approximate surface area is 111 Å². The van der Waals surface area contributed by atoms with Crippen LogP contribution in [0.4, 0.5) is 0 Å². The highest BCUT2D eigenvalue weighted by atomic mass is 16.1. The molecule has 0 radical (unpaired) electrons. The van der Waals surface area contributed by atoms with E-state index in [4.69, 9.17) is 5.73 Å². The first kappa shape index (κ1) is 14.9. The van der Waals surface area contributed by atoms with Crippen molar-refractivity contribution < 1.29 is 4.79 Å². The van der Waals surface area contributed by atoms with Gasteiger partial charge in [0.25, 0.3) is 0 Å². The molecule has 0 aliphatic heterocycles. The van der Waals surface area contributed by atoms with Crippen molar-refractivity contribution in [2.75, 3.05) is 0 Å². The molecule has 1 aromatic carbocycles. The third-order valence-electron chi connectivity index (χ3n) is 3.47. The average Bonchev–Trinajstić information content (AvgIpc) is 2.20. The van der Waals surface area contributed by atoms with E-state index >= 15 is 0 Å². The van der Waals surface area contributed by atoms with Crippen LogP contribution in [0.25, 0.3) is 0 Å². The van der Waals surface area contributed by atoms with E-state index in [9.17, 15) is 4.79 Å². The van der Waals surface area contributed by atoms with E-state index in [1.165, 1.54) is 16.7 Å². The summed E-state index contributed by atoms with van der Waals surface area (Å²) in [6.45, 7) is 12.2. The summed E-state index contributed by atoms with van der Waals surface area (Å²) in [6, 6.07) is 3.84. The van der Waals surface area contributed by atoms with Crippen LogP contribution in [0.5, 0.6) is 0 Å². The summed E-state index contributed by atoms with van der Waals surface area (Å²) >= 11 is 0. The number of ketones is 1. The SMILES string of the molecule is Cc1cc(C)c(CC(=O)C(N)C(C)(C)C)c(C)c1. The summed E-state index contributed by atoms with van der Waals surface area (Å²) in [5.41, 5.74) is 10.6. The molecule has 0 aromatic heterocycles. The highest BCUT2D eigenvalue weighted by molar-refractivity contribution is 5.87. The average molecular weight is 247 g/mol. The smallest absolute Gasteiger partial charge is 0.154 e. The van der Waals surface area contributed by atoms with Crippen molar-refractivity contribution >= 4 is 5.78 Å². The molecule has 0 saturated carbocycles. The largest absolute Gasteiger partial charge is 0.321 e. The summed E-state index contributed by atoms with van der Waals surface area (Å²) in [7, 11) is 0. The second-order valence-electron chi connectivity index (χ2n) is 6.36. The summed E-state index contributed by atoms with van der Waals surface area (Å²) in [5, 5.41) is 0. The summed E-state index contributed by atoms with van der Waals surface area (Å²) < 4.78 is 0. The van der Waals surface area contributed by atoms with Gasteiger partial charge in [0.2, 0.25) is 0 Å². The van der Waals surface area contributed by atoms with Crippen LogP contribution in [0.3, 0.4) is 0 Å². The van der Waals surface area contributed by atoms with Crippen LogP contribution < -0.4 is 5.73 Å². The summed E-state index contributed by atoms with van der Waals surface area (Å²) in [6.07, 6.45) is 0.441. The number of aryl methyl sites for hydroxylation is 3. The van der Waals surface area contributed by atoms with Crippen molar-refractivity contribution in [3.05, 3.63) is 34.4 Å². The molecule has 0 amide bonds. The molecule has 0 saturated heterocycles. The highest BCUT2D eigenvalue weighted by Crippen LogP contribution is 2.22. The van der Waals surface area contributed by atoms with Crippen LogP contribution in [0, 0.1) is 26.2 Å². The van der Waals surface area contributed by atoms with E-state index in [-0.39, 0.29) is 11.2 Å². The van der Waals surface area contributed by atoms with E-state index < -0.39 is 6.04 Å². The number of nitrogens with two attached hydrogens (primary N) is 1. The van der Waals surface area contributed by atoms with Gasteiger partial charge in [-0.15, -0.1) is 0 Å². The Bertz CT molecular complexity index is 432. The van der Waals surface area contributed by atoms with Gasteiger partial charge in [0, 0.05) is 6.42 Å². The fraction of sp³-hybridized carbons (Fsp3) is 0.562. The molecule has 1 atom stereocenters. The lowest BCUT2D eigenvalue weighted by atomic mass is 9.82. The molecular formula is C16H25NO. The molecule has 1 rings (SSSR count). The van der Waals surface area contributed by atoms with Gasteiger partial charge in [0.05, 0.1) is 6.04 Å². The number of Topliss-reactive ketones (excluding diaryl/α,β-unsaturated/α-hetero) is 1. The van der Waals surface area contributed by atoms with Crippen molar-refractivity contribution in [3.8, 4) is 0 Å². The Morgan fingerprint density at radius 2 is 1.61 bits per heavy atom. The maximum Gasteiger partial charge on any atom is 0.154 e. The molecule has 100 valence electrons. The number of hydrogen-bond acceptors (Lipinski definition) is 2. The minimum absolute atomic E-state index is 0.123. The Morgan fingerprint density at radius 1 is 1.17 bits per heavy atom. The second-order valence-corrected chi connectivity index (χ2v) is 6.36. The van der Waals surface area contributed by atoms with Crippen LogP contribution >= 0.6 is 0 Å². The monoisotopic (exact) mass is 247 g/mol. The van der Waals surface area contributed by atoms with Gasteiger partial charge in [-0.3, -0.25) is 4.79 Å². The number of carbonyl (C=O) groups is 1. The Kier molecular flexibility index (Phi) is 4.33. The zero-order valence-electron chi connectivity index (χ0n) is 12.4. The normalized spacial score (nSPS) is 13.5. The first-order valence-corrected chi connectivity index (χ1v) is 6.48. The van der Waals surface area contributed by atoms with Gasteiger partial charge in [-0.1, -0.05) is 38.5 Å². The molecule has 2 N–H and O–H groups in total. The summed E-state index contributed by atoms with van der Waals surface area (Å²) in [4.78, 5) is 12.2. The molecule has 0 spiro atoms. The van der Waals surface area contributed by atoms with Crippen molar-refractivity contribution in [2.45, 2.75) is 54.0 Å². The lowest BCUT2D eigenvalue weighted by Crippen LogP contribution is -2.43. The van der Waals surface area contributed by atoms with E-state index in [0.717, 1.165) is 5.56 Å². The maximum atomic E-state index is 12.2. The van der Waals surface area contributed by atoms with Gasteiger partial charge >= 0.3 is 0 Å². The molecule has 1 unspecified atom stereocenters. The van der Waals surface area contributed by atoms with Gasteiger partial charge in [0.15, 0.2) is 5.78 Å². The first-order valence-electron chi connectivity index (χ1n) is 6.48. The maximum absolute atomic E-state index is 12.2. The lowest BCUT2D eigenvalue weighted by Gasteiger charge is -2.26. The zero-order chi connectivity index (χ0) is 14.1. The molecule has 0 heterocycles. The topological polar surface area (TPSA) is 43.1 Å². The number of carbonyl (C=O) groups excluding carboxylic acids is 1. The predicted molar refractivity (Wildman–Crippen MR) is 76.8 cm³/mol. The van der Waals surface area contributed by atoms with E-state index in [0.29, 0.717) is 6.42 Å². The molecule has 0 aliphatic rings. The van der Waals surface area contributed by atoms with Gasteiger partial charge in [-0.05, 0) is 42.9 Å². The molecule has 0 aliphatic carbocycles. The Morgan fingerprint density at radius 3 is 2.00 bits per heavy atom. The summed E-state index contributed by atoms with van der Waals surface area (Å²) in [5.74, 6) is 0.123. The van der Waals surface area contributed by atoms with Crippen molar-refractivity contribution in [1.29, 1.82) is 0 Å². The number of benzene rings is 1. The van der Waals surface area contributed by atoms with Crippen molar-refractivity contribution in [1.82, 2.24) is 0 Å². The molecule has 0 fully saturated rings. The fourth-order valence-corrected chi connectivity index (χ4v) is 2.26. The lowest BCUT2D eigenvalue weighted by molar-refractivity contribution is -0.121. The molecule has 2 nitrogen and oxygen atoms in total. The molecule has 18 heavy (non-hydrogen) atoms. The standard InChI is InChI=1S/C16H25NO/c1-10-7-11(2)13(12(3)8-10)9-14(18)15(17)16(4,5)6/h7-8,15H,9,17H2,1-6H3. The molecule has 0 bridgehead atoms. The van der Waals surface area contributed by atoms with Crippen LogP contribution in [0.2, 0.25) is 0 Å². The highest BCUT2D eigenvalue weighted by Gasteiger charge is 2.27. The number of rotatable bonds is 3. The van der Waals surface area contributed by atoms with Crippen molar-refractivity contribution in [3.63, 3.8) is 0 Å². The van der Waals surface area contributed by atoms with Gasteiger partial charge in [-0.25, -0.2) is 0 Å². The molecule has 1 aromatic rings.